The van der Waals surface area contributed by atoms with Crippen molar-refractivity contribution in [1.82, 2.24) is 0 Å². The molecule has 0 saturated carbocycles. The molecule has 22 heavy (non-hydrogen) atoms. The summed E-state index contributed by atoms with van der Waals surface area (Å²) in [5.74, 6) is 0. The van der Waals surface area contributed by atoms with Crippen molar-refractivity contribution in [3.63, 3.8) is 0 Å². The Balaban J connectivity index is 1.98. The van der Waals surface area contributed by atoms with Crippen molar-refractivity contribution in [2.45, 2.75) is 4.90 Å². The van der Waals surface area contributed by atoms with Gasteiger partial charge in [-0.15, -0.1) is 0 Å². The molecule has 0 atom stereocenters. The second-order valence-corrected chi connectivity index (χ2v) is 7.17. The maximum absolute atomic E-state index is 12.3. The molecule has 5 nitrogen and oxygen atoms in total. The van der Waals surface area contributed by atoms with E-state index in [1.165, 1.54) is 18.2 Å². The molecule has 0 radical (unpaired) electrons. The van der Waals surface area contributed by atoms with Gasteiger partial charge in [-0.1, -0.05) is 22.0 Å². The predicted molar refractivity (Wildman–Crippen MR) is 87.4 cm³/mol. The second-order valence-electron chi connectivity index (χ2n) is 4.57. The molecule has 0 saturated heterocycles. The summed E-state index contributed by atoms with van der Waals surface area (Å²) in [6.45, 7) is 0. The molecule has 0 fully saturated rings. The lowest BCUT2D eigenvalue weighted by Gasteiger charge is -2.09. The minimum Gasteiger partial charge on any atom is -0.423 e. The highest BCUT2D eigenvalue weighted by molar-refractivity contribution is 9.10. The molecule has 3 rings (SSSR count). The van der Waals surface area contributed by atoms with Gasteiger partial charge in [0.1, 0.15) is 5.58 Å². The first-order chi connectivity index (χ1) is 10.4. The van der Waals surface area contributed by atoms with E-state index >= 15 is 0 Å². The number of benzene rings is 2. The van der Waals surface area contributed by atoms with Crippen LogP contribution in [0.25, 0.3) is 11.0 Å². The Labute approximate surface area is 134 Å². The summed E-state index contributed by atoms with van der Waals surface area (Å²) in [6, 6.07) is 14.0. The van der Waals surface area contributed by atoms with Crippen LogP contribution in [0.4, 0.5) is 5.69 Å². The van der Waals surface area contributed by atoms with Crippen LogP contribution in [0, 0.1) is 0 Å². The highest BCUT2D eigenvalue weighted by Crippen LogP contribution is 2.22. The molecule has 7 heteroatoms. The van der Waals surface area contributed by atoms with Gasteiger partial charge in [0.05, 0.1) is 4.90 Å². The first-order valence-electron chi connectivity index (χ1n) is 6.26. The minimum atomic E-state index is -3.68. The molecule has 1 aromatic heterocycles. The van der Waals surface area contributed by atoms with Crippen LogP contribution in [0.3, 0.4) is 0 Å². The third-order valence-corrected chi connectivity index (χ3v) is 4.85. The summed E-state index contributed by atoms with van der Waals surface area (Å²) >= 11 is 3.25. The third kappa shape index (κ3) is 3.05. The van der Waals surface area contributed by atoms with Gasteiger partial charge in [-0.05, 0) is 42.5 Å². The van der Waals surface area contributed by atoms with Gasteiger partial charge in [0.2, 0.25) is 0 Å². The molecule has 0 spiro atoms. The zero-order chi connectivity index (χ0) is 15.7. The maximum Gasteiger partial charge on any atom is 0.336 e. The predicted octanol–water partition coefficient (Wildman–Crippen LogP) is 3.36. The molecule has 0 aliphatic carbocycles. The van der Waals surface area contributed by atoms with Crippen LogP contribution in [0.1, 0.15) is 0 Å². The SMILES string of the molecule is O=c1ccc2cc(NS(=O)(=O)c3cccc(Br)c3)ccc2o1. The number of hydrogen-bond donors (Lipinski definition) is 1. The maximum atomic E-state index is 12.3. The summed E-state index contributed by atoms with van der Waals surface area (Å²) in [5, 5.41) is 0.633. The lowest BCUT2D eigenvalue weighted by molar-refractivity contribution is 0.561. The van der Waals surface area contributed by atoms with Gasteiger partial charge in [-0.25, -0.2) is 13.2 Å². The Kier molecular flexibility index (Phi) is 3.76. The van der Waals surface area contributed by atoms with Crippen molar-refractivity contribution in [1.29, 1.82) is 0 Å². The van der Waals surface area contributed by atoms with Crippen molar-refractivity contribution < 1.29 is 12.8 Å². The summed E-state index contributed by atoms with van der Waals surface area (Å²) in [7, 11) is -3.68. The second kappa shape index (κ2) is 5.58. The molecule has 0 amide bonds. The van der Waals surface area contributed by atoms with Gasteiger partial charge < -0.3 is 4.42 Å². The first kappa shape index (κ1) is 14.8. The van der Waals surface area contributed by atoms with E-state index in [1.807, 2.05) is 0 Å². The lowest BCUT2D eigenvalue weighted by Crippen LogP contribution is -2.12. The molecule has 2 aromatic carbocycles. The Hall–Kier alpha value is -2.12. The monoisotopic (exact) mass is 379 g/mol. The first-order valence-corrected chi connectivity index (χ1v) is 8.54. The van der Waals surface area contributed by atoms with Gasteiger partial charge in [-0.2, -0.15) is 0 Å². The molecule has 3 aromatic rings. The van der Waals surface area contributed by atoms with Gasteiger partial charge in [0, 0.05) is 21.6 Å². The summed E-state index contributed by atoms with van der Waals surface area (Å²) < 4.78 is 32.9. The molecule has 0 bridgehead atoms. The highest BCUT2D eigenvalue weighted by atomic mass is 79.9. The normalized spacial score (nSPS) is 11.5. The minimum absolute atomic E-state index is 0.154. The topological polar surface area (TPSA) is 76.4 Å². The van der Waals surface area contributed by atoms with Crippen LogP contribution in [-0.2, 0) is 10.0 Å². The fourth-order valence-electron chi connectivity index (χ4n) is 1.98. The van der Waals surface area contributed by atoms with E-state index in [2.05, 4.69) is 20.7 Å². The van der Waals surface area contributed by atoms with Gasteiger partial charge in [-0.3, -0.25) is 4.72 Å². The van der Waals surface area contributed by atoms with E-state index in [9.17, 15) is 13.2 Å². The van der Waals surface area contributed by atoms with Crippen LogP contribution in [0.5, 0.6) is 0 Å². The summed E-state index contributed by atoms with van der Waals surface area (Å²) in [6.07, 6.45) is 0. The lowest BCUT2D eigenvalue weighted by atomic mass is 10.2. The van der Waals surface area contributed by atoms with E-state index in [0.717, 1.165) is 0 Å². The fraction of sp³-hybridized carbons (Fsp3) is 0. The number of rotatable bonds is 3. The van der Waals surface area contributed by atoms with E-state index in [-0.39, 0.29) is 4.90 Å². The van der Waals surface area contributed by atoms with E-state index < -0.39 is 15.6 Å². The van der Waals surface area contributed by atoms with Gasteiger partial charge in [0.15, 0.2) is 0 Å². The summed E-state index contributed by atoms with van der Waals surface area (Å²) in [5.41, 5.74) is 0.342. The van der Waals surface area contributed by atoms with Crippen LogP contribution in [0.2, 0.25) is 0 Å². The number of sulfonamides is 1. The highest BCUT2D eigenvalue weighted by Gasteiger charge is 2.14. The van der Waals surface area contributed by atoms with Crippen LogP contribution in [-0.4, -0.2) is 8.42 Å². The number of anilines is 1. The van der Waals surface area contributed by atoms with Crippen LogP contribution < -0.4 is 10.3 Å². The fourth-order valence-corrected chi connectivity index (χ4v) is 3.63. The molecule has 112 valence electrons. The van der Waals surface area contributed by atoms with Crippen LogP contribution >= 0.6 is 15.9 Å². The van der Waals surface area contributed by atoms with Crippen molar-refractivity contribution >= 4 is 42.6 Å². The van der Waals surface area contributed by atoms with Gasteiger partial charge >= 0.3 is 5.63 Å². The van der Waals surface area contributed by atoms with Gasteiger partial charge in [0.25, 0.3) is 10.0 Å². The Morgan fingerprint density at radius 3 is 2.59 bits per heavy atom. The summed E-state index contributed by atoms with van der Waals surface area (Å²) in [4.78, 5) is 11.3. The number of hydrogen-bond acceptors (Lipinski definition) is 4. The standard InChI is InChI=1S/C15H10BrNO4S/c16-11-2-1-3-13(9-11)22(19,20)17-12-5-6-14-10(8-12)4-7-15(18)21-14/h1-9,17H. The van der Waals surface area contributed by atoms with Crippen molar-refractivity contribution in [2.24, 2.45) is 0 Å². The number of fused-ring (bicyclic) bond motifs is 1. The van der Waals surface area contributed by atoms with Crippen LogP contribution in [0.15, 0.2) is 73.2 Å². The largest absolute Gasteiger partial charge is 0.423 e. The average molecular weight is 380 g/mol. The molecular formula is C15H10BrNO4S. The van der Waals surface area contributed by atoms with E-state index in [0.29, 0.717) is 21.1 Å². The molecule has 1 N–H and O–H groups in total. The average Bonchev–Trinajstić information content (AvgIpc) is 2.47. The van der Waals surface area contributed by atoms with E-state index in [4.69, 9.17) is 4.42 Å². The molecule has 0 unspecified atom stereocenters. The molecule has 0 aliphatic rings. The Morgan fingerprint density at radius 2 is 1.82 bits per heavy atom. The Bertz CT molecular complexity index is 1010. The Morgan fingerprint density at radius 1 is 1.00 bits per heavy atom. The number of halogens is 1. The number of nitrogens with one attached hydrogen (secondary N) is 1. The van der Waals surface area contributed by atoms with E-state index in [1.54, 1.807) is 36.4 Å². The zero-order valence-corrected chi connectivity index (χ0v) is 13.5. The van der Waals surface area contributed by atoms with Crippen molar-refractivity contribution in [3.8, 4) is 0 Å². The van der Waals surface area contributed by atoms with Crippen molar-refractivity contribution in [2.75, 3.05) is 4.72 Å². The molecular weight excluding hydrogens is 370 g/mol. The smallest absolute Gasteiger partial charge is 0.336 e. The zero-order valence-electron chi connectivity index (χ0n) is 11.1. The third-order valence-electron chi connectivity index (χ3n) is 2.98. The molecule has 1 heterocycles. The van der Waals surface area contributed by atoms with Crippen molar-refractivity contribution in [3.05, 3.63) is 69.5 Å². The molecule has 0 aliphatic heterocycles. The quantitative estimate of drug-likeness (QED) is 0.707.